The number of nitrogens with zero attached hydrogens (tertiary/aromatic N) is 1. The molecule has 1 unspecified atom stereocenters. The zero-order chi connectivity index (χ0) is 13.3. The van der Waals surface area contributed by atoms with E-state index in [0.29, 0.717) is 6.04 Å². The highest BCUT2D eigenvalue weighted by molar-refractivity contribution is 6.00. The second-order valence-electron chi connectivity index (χ2n) is 5.70. The minimum absolute atomic E-state index is 0.154. The highest BCUT2D eigenvalue weighted by Gasteiger charge is 2.36. The number of nitrogens with one attached hydrogen (secondary N) is 1. The number of aryl methyl sites for hydroxylation is 1. The molecule has 0 aliphatic carbocycles. The highest BCUT2D eigenvalue weighted by Crippen LogP contribution is 2.25. The standard InChI is InChI=1S/C15H22N2O/c1-11-7-5-6-8-13(11)17-10-9-12(2)16-15(3,4)14(17)18/h5-8,12,16H,9-10H2,1-4H3. The molecule has 0 saturated carbocycles. The van der Waals surface area contributed by atoms with Crippen molar-refractivity contribution < 1.29 is 4.79 Å². The van der Waals surface area contributed by atoms with Crippen LogP contribution in [0.3, 0.4) is 0 Å². The first-order chi connectivity index (χ1) is 8.42. The van der Waals surface area contributed by atoms with E-state index in [2.05, 4.69) is 25.2 Å². The maximum Gasteiger partial charge on any atom is 0.246 e. The van der Waals surface area contributed by atoms with E-state index in [1.165, 1.54) is 0 Å². The lowest BCUT2D eigenvalue weighted by molar-refractivity contribution is -0.123. The second kappa shape index (κ2) is 4.73. The number of carbonyl (C=O) groups is 1. The van der Waals surface area contributed by atoms with Gasteiger partial charge in [0.15, 0.2) is 0 Å². The molecular formula is C15H22N2O. The molecule has 0 bridgehead atoms. The Morgan fingerprint density at radius 1 is 1.33 bits per heavy atom. The molecule has 1 aromatic carbocycles. The van der Waals surface area contributed by atoms with Crippen LogP contribution in [0.15, 0.2) is 24.3 Å². The van der Waals surface area contributed by atoms with Gasteiger partial charge in [0.1, 0.15) is 0 Å². The molecule has 1 amide bonds. The molecule has 98 valence electrons. The molecule has 0 aromatic heterocycles. The fourth-order valence-electron chi connectivity index (χ4n) is 2.61. The topological polar surface area (TPSA) is 32.3 Å². The Morgan fingerprint density at radius 2 is 2.00 bits per heavy atom. The monoisotopic (exact) mass is 246 g/mol. The first kappa shape index (κ1) is 13.1. The number of para-hydroxylation sites is 1. The summed E-state index contributed by atoms with van der Waals surface area (Å²) in [6.45, 7) is 8.89. The van der Waals surface area contributed by atoms with E-state index < -0.39 is 5.54 Å². The summed E-state index contributed by atoms with van der Waals surface area (Å²) in [5.41, 5.74) is 1.68. The smallest absolute Gasteiger partial charge is 0.246 e. The molecule has 1 heterocycles. The SMILES string of the molecule is Cc1ccccc1N1CCC(C)NC(C)(C)C1=O. The van der Waals surface area contributed by atoms with E-state index in [9.17, 15) is 4.79 Å². The molecule has 3 heteroatoms. The van der Waals surface area contributed by atoms with Gasteiger partial charge in [-0.25, -0.2) is 0 Å². The molecule has 1 aliphatic heterocycles. The second-order valence-corrected chi connectivity index (χ2v) is 5.70. The third-order valence-electron chi connectivity index (χ3n) is 3.58. The van der Waals surface area contributed by atoms with E-state index in [1.807, 2.05) is 36.9 Å². The van der Waals surface area contributed by atoms with Crippen molar-refractivity contribution in [1.29, 1.82) is 0 Å². The molecule has 1 atom stereocenters. The van der Waals surface area contributed by atoms with E-state index in [0.717, 1.165) is 24.2 Å². The Balaban J connectivity index is 2.38. The summed E-state index contributed by atoms with van der Waals surface area (Å²) in [5, 5.41) is 3.40. The van der Waals surface area contributed by atoms with Crippen LogP contribution in [-0.2, 0) is 4.79 Å². The Morgan fingerprint density at radius 3 is 2.67 bits per heavy atom. The third-order valence-corrected chi connectivity index (χ3v) is 3.58. The Bertz CT molecular complexity index is 454. The molecule has 1 saturated heterocycles. The summed E-state index contributed by atoms with van der Waals surface area (Å²) in [5.74, 6) is 0.154. The van der Waals surface area contributed by atoms with Gasteiger partial charge in [0.2, 0.25) is 5.91 Å². The predicted octanol–water partition coefficient (Wildman–Crippen LogP) is 2.49. The lowest BCUT2D eigenvalue weighted by Gasteiger charge is -2.30. The fraction of sp³-hybridized carbons (Fsp3) is 0.533. The van der Waals surface area contributed by atoms with E-state index in [-0.39, 0.29) is 5.91 Å². The molecule has 0 spiro atoms. The number of hydrogen-bond acceptors (Lipinski definition) is 2. The number of amides is 1. The predicted molar refractivity (Wildman–Crippen MR) is 74.8 cm³/mol. The highest BCUT2D eigenvalue weighted by atomic mass is 16.2. The molecule has 2 rings (SSSR count). The van der Waals surface area contributed by atoms with Crippen LogP contribution in [0.1, 0.15) is 32.8 Å². The van der Waals surface area contributed by atoms with Crippen molar-refractivity contribution >= 4 is 11.6 Å². The number of anilines is 1. The molecule has 0 radical (unpaired) electrons. The first-order valence-electron chi connectivity index (χ1n) is 6.57. The molecule has 1 N–H and O–H groups in total. The maximum atomic E-state index is 12.6. The Kier molecular flexibility index (Phi) is 3.44. The summed E-state index contributed by atoms with van der Waals surface area (Å²) in [4.78, 5) is 14.6. The molecule has 1 aliphatic rings. The van der Waals surface area contributed by atoms with Gasteiger partial charge < -0.3 is 10.2 Å². The van der Waals surface area contributed by atoms with E-state index in [1.54, 1.807) is 0 Å². The van der Waals surface area contributed by atoms with Crippen molar-refractivity contribution in [2.45, 2.75) is 45.7 Å². The van der Waals surface area contributed by atoms with Gasteiger partial charge in [-0.3, -0.25) is 4.79 Å². The molecule has 3 nitrogen and oxygen atoms in total. The van der Waals surface area contributed by atoms with Crippen LogP contribution in [0.4, 0.5) is 5.69 Å². The Labute approximate surface area is 109 Å². The van der Waals surface area contributed by atoms with Gasteiger partial charge in [-0.2, -0.15) is 0 Å². The molecule has 1 aromatic rings. The first-order valence-corrected chi connectivity index (χ1v) is 6.57. The summed E-state index contributed by atoms with van der Waals surface area (Å²) in [6.07, 6.45) is 0.976. The van der Waals surface area contributed by atoms with Gasteiger partial charge in [-0.05, 0) is 45.7 Å². The van der Waals surface area contributed by atoms with E-state index >= 15 is 0 Å². The van der Waals surface area contributed by atoms with Gasteiger partial charge >= 0.3 is 0 Å². The van der Waals surface area contributed by atoms with Crippen LogP contribution in [0.25, 0.3) is 0 Å². The molecule has 18 heavy (non-hydrogen) atoms. The van der Waals surface area contributed by atoms with Crippen molar-refractivity contribution in [2.75, 3.05) is 11.4 Å². The largest absolute Gasteiger partial charge is 0.311 e. The number of rotatable bonds is 1. The average Bonchev–Trinajstić information content (AvgIpc) is 2.39. The van der Waals surface area contributed by atoms with Crippen molar-refractivity contribution in [3.8, 4) is 0 Å². The lowest BCUT2D eigenvalue weighted by atomic mass is 10.0. The number of carbonyl (C=O) groups excluding carboxylic acids is 1. The summed E-state index contributed by atoms with van der Waals surface area (Å²) < 4.78 is 0. The maximum absolute atomic E-state index is 12.6. The summed E-state index contributed by atoms with van der Waals surface area (Å²) in [7, 11) is 0. The van der Waals surface area contributed by atoms with Crippen LogP contribution in [0.2, 0.25) is 0 Å². The van der Waals surface area contributed by atoms with Crippen LogP contribution in [0, 0.1) is 6.92 Å². The van der Waals surface area contributed by atoms with Crippen molar-refractivity contribution in [1.82, 2.24) is 5.32 Å². The zero-order valence-corrected chi connectivity index (χ0v) is 11.7. The summed E-state index contributed by atoms with van der Waals surface area (Å²) in [6, 6.07) is 8.44. The van der Waals surface area contributed by atoms with Gasteiger partial charge in [0.25, 0.3) is 0 Å². The number of benzene rings is 1. The van der Waals surface area contributed by atoms with Gasteiger partial charge in [-0.1, -0.05) is 18.2 Å². The van der Waals surface area contributed by atoms with Crippen molar-refractivity contribution in [2.24, 2.45) is 0 Å². The quantitative estimate of drug-likeness (QED) is 0.825. The summed E-state index contributed by atoms with van der Waals surface area (Å²) >= 11 is 0. The van der Waals surface area contributed by atoms with Crippen molar-refractivity contribution in [3.05, 3.63) is 29.8 Å². The van der Waals surface area contributed by atoms with Gasteiger partial charge in [0, 0.05) is 18.3 Å². The lowest BCUT2D eigenvalue weighted by Crippen LogP contribution is -2.53. The van der Waals surface area contributed by atoms with Gasteiger partial charge in [-0.15, -0.1) is 0 Å². The van der Waals surface area contributed by atoms with Crippen molar-refractivity contribution in [3.63, 3.8) is 0 Å². The van der Waals surface area contributed by atoms with Crippen LogP contribution in [-0.4, -0.2) is 24.0 Å². The van der Waals surface area contributed by atoms with Crippen LogP contribution in [0.5, 0.6) is 0 Å². The van der Waals surface area contributed by atoms with Crippen LogP contribution < -0.4 is 10.2 Å². The van der Waals surface area contributed by atoms with E-state index in [4.69, 9.17) is 0 Å². The van der Waals surface area contributed by atoms with Gasteiger partial charge in [0.05, 0.1) is 5.54 Å². The Hall–Kier alpha value is -1.35. The normalized spacial score (nSPS) is 23.9. The third kappa shape index (κ3) is 2.41. The van der Waals surface area contributed by atoms with Crippen LogP contribution >= 0.6 is 0 Å². The molecule has 1 fully saturated rings. The zero-order valence-electron chi connectivity index (χ0n) is 11.7. The number of hydrogen-bond donors (Lipinski definition) is 1. The average molecular weight is 246 g/mol. The molecular weight excluding hydrogens is 224 g/mol. The minimum atomic E-state index is -0.502. The minimum Gasteiger partial charge on any atom is -0.311 e. The fourth-order valence-corrected chi connectivity index (χ4v) is 2.61.